The number of nitrogens with zero attached hydrogens (tertiary/aromatic N) is 2. The second-order valence-corrected chi connectivity index (χ2v) is 7.44. The molecule has 176 valence electrons. The van der Waals surface area contributed by atoms with Gasteiger partial charge in [-0.25, -0.2) is 8.78 Å². The van der Waals surface area contributed by atoms with Gasteiger partial charge >= 0.3 is 6.18 Å². The van der Waals surface area contributed by atoms with Crippen molar-refractivity contribution in [3.05, 3.63) is 64.3 Å². The number of aliphatic hydroxyl groups is 1. The fourth-order valence-electron chi connectivity index (χ4n) is 3.01. The molecular weight excluding hydrogens is 473 g/mol. The van der Waals surface area contributed by atoms with Crippen LogP contribution in [-0.2, 0) is 7.05 Å². The molecule has 0 radical (unpaired) electrons. The number of anilines is 1. The number of hydrogen-bond acceptors (Lipinski definition) is 4. The molecule has 6 nitrogen and oxygen atoms in total. The van der Waals surface area contributed by atoms with E-state index in [1.165, 1.54) is 36.9 Å². The van der Waals surface area contributed by atoms with Crippen molar-refractivity contribution in [3.8, 4) is 17.0 Å². The summed E-state index contributed by atoms with van der Waals surface area (Å²) in [7, 11) is 1.49. The van der Waals surface area contributed by atoms with E-state index in [2.05, 4.69) is 10.4 Å². The molecular formula is C21H17ClF5N3O3. The molecule has 3 aromatic rings. The summed E-state index contributed by atoms with van der Waals surface area (Å²) < 4.78 is 73.3. The third-order valence-corrected chi connectivity index (χ3v) is 4.84. The Balaban J connectivity index is 2.06. The van der Waals surface area contributed by atoms with Crippen LogP contribution in [0.2, 0.25) is 5.02 Å². The van der Waals surface area contributed by atoms with Crippen LogP contribution in [0.3, 0.4) is 0 Å². The van der Waals surface area contributed by atoms with E-state index in [1.807, 2.05) is 0 Å². The van der Waals surface area contributed by atoms with Crippen LogP contribution in [0.5, 0.6) is 5.75 Å². The number of halogens is 6. The number of ether oxygens (including phenoxy) is 1. The van der Waals surface area contributed by atoms with E-state index in [9.17, 15) is 31.9 Å². The Bertz CT molecular complexity index is 1170. The second-order valence-electron chi connectivity index (χ2n) is 7.04. The lowest BCUT2D eigenvalue weighted by molar-refractivity contribution is -0.153. The van der Waals surface area contributed by atoms with Gasteiger partial charge in [0.05, 0.1) is 33.8 Å². The minimum atomic E-state index is -4.75. The molecule has 0 aliphatic rings. The van der Waals surface area contributed by atoms with Crippen LogP contribution in [0.1, 0.15) is 29.1 Å². The van der Waals surface area contributed by atoms with Crippen LogP contribution < -0.4 is 10.1 Å². The standard InChI is InChI=1S/C21H17ClF5N3O3/c1-10(31)17-8-16(29-30(17)2)11-7-18(33-9-21(25,26)27)12(6-15(11)24)20(32)28-19-13(22)4-3-5-14(19)23/h3-8,10,31H,9H2,1-2H3,(H,28,32). The maximum Gasteiger partial charge on any atom is 0.422 e. The number of alkyl halides is 3. The van der Waals surface area contributed by atoms with Crippen molar-refractivity contribution >= 4 is 23.2 Å². The molecule has 0 saturated heterocycles. The normalized spacial score (nSPS) is 12.5. The maximum atomic E-state index is 14.9. The highest BCUT2D eigenvalue weighted by atomic mass is 35.5. The molecule has 12 heteroatoms. The summed E-state index contributed by atoms with van der Waals surface area (Å²) in [5, 5.41) is 15.8. The van der Waals surface area contributed by atoms with E-state index in [1.54, 1.807) is 0 Å². The van der Waals surface area contributed by atoms with Crippen LogP contribution in [0.4, 0.5) is 27.6 Å². The quantitative estimate of drug-likeness (QED) is 0.463. The van der Waals surface area contributed by atoms with Crippen LogP contribution in [0, 0.1) is 11.6 Å². The van der Waals surface area contributed by atoms with E-state index in [0.717, 1.165) is 12.1 Å². The van der Waals surface area contributed by atoms with Crippen LogP contribution in [0.25, 0.3) is 11.3 Å². The first-order valence-electron chi connectivity index (χ1n) is 9.38. The smallest absolute Gasteiger partial charge is 0.422 e. The molecule has 0 fully saturated rings. The fraction of sp³-hybridized carbons (Fsp3) is 0.238. The van der Waals surface area contributed by atoms with E-state index >= 15 is 0 Å². The second kappa shape index (κ2) is 9.36. The Labute approximate surface area is 189 Å². The highest BCUT2D eigenvalue weighted by Crippen LogP contribution is 2.33. The minimum Gasteiger partial charge on any atom is -0.483 e. The lowest BCUT2D eigenvalue weighted by Crippen LogP contribution is -2.22. The molecule has 33 heavy (non-hydrogen) atoms. The summed E-state index contributed by atoms with van der Waals surface area (Å²) in [6, 6.07) is 6.46. The third kappa shape index (κ3) is 5.60. The molecule has 1 amide bonds. The average molecular weight is 490 g/mol. The highest BCUT2D eigenvalue weighted by Gasteiger charge is 2.30. The molecule has 1 heterocycles. The van der Waals surface area contributed by atoms with Gasteiger partial charge in [-0.15, -0.1) is 0 Å². The van der Waals surface area contributed by atoms with Gasteiger partial charge in [-0.3, -0.25) is 9.48 Å². The van der Waals surface area contributed by atoms with Crippen molar-refractivity contribution in [1.29, 1.82) is 0 Å². The molecule has 2 aromatic carbocycles. The lowest BCUT2D eigenvalue weighted by Gasteiger charge is -2.15. The van der Waals surface area contributed by atoms with Crippen LogP contribution in [0.15, 0.2) is 36.4 Å². The number of hydrogen-bond donors (Lipinski definition) is 2. The van der Waals surface area contributed by atoms with E-state index < -0.39 is 53.4 Å². The van der Waals surface area contributed by atoms with Crippen molar-refractivity contribution < 1.29 is 36.6 Å². The monoisotopic (exact) mass is 489 g/mol. The Kier molecular flexibility index (Phi) is 6.94. The summed E-state index contributed by atoms with van der Waals surface area (Å²) in [6.45, 7) is -0.309. The maximum absolute atomic E-state index is 14.9. The minimum absolute atomic E-state index is 0.00753. The molecule has 0 aliphatic heterocycles. The van der Waals surface area contributed by atoms with Crippen molar-refractivity contribution in [3.63, 3.8) is 0 Å². The first-order valence-corrected chi connectivity index (χ1v) is 9.76. The Hall–Kier alpha value is -3.18. The molecule has 0 saturated carbocycles. The molecule has 1 atom stereocenters. The predicted molar refractivity (Wildman–Crippen MR) is 110 cm³/mol. The first-order chi connectivity index (χ1) is 15.4. The first kappa shape index (κ1) is 24.5. The number of carbonyl (C=O) groups is 1. The summed E-state index contributed by atoms with van der Waals surface area (Å²) >= 11 is 5.86. The lowest BCUT2D eigenvalue weighted by atomic mass is 10.1. The highest BCUT2D eigenvalue weighted by molar-refractivity contribution is 6.34. The summed E-state index contributed by atoms with van der Waals surface area (Å²) in [5.74, 6) is -3.66. The number of rotatable bonds is 6. The van der Waals surface area contributed by atoms with E-state index in [0.29, 0.717) is 11.8 Å². The van der Waals surface area contributed by atoms with Gasteiger partial charge in [0.25, 0.3) is 5.91 Å². The van der Waals surface area contributed by atoms with Gasteiger partial charge in [0, 0.05) is 12.6 Å². The average Bonchev–Trinajstić information content (AvgIpc) is 3.10. The van der Waals surface area contributed by atoms with Crippen molar-refractivity contribution in [2.75, 3.05) is 11.9 Å². The Morgan fingerprint density at radius 2 is 1.94 bits per heavy atom. The number of aromatic nitrogens is 2. The zero-order valence-corrected chi connectivity index (χ0v) is 17.9. The van der Waals surface area contributed by atoms with Crippen molar-refractivity contribution in [1.82, 2.24) is 9.78 Å². The van der Waals surface area contributed by atoms with Gasteiger partial charge in [-0.2, -0.15) is 18.3 Å². The Morgan fingerprint density at radius 3 is 2.52 bits per heavy atom. The van der Waals surface area contributed by atoms with E-state index in [4.69, 9.17) is 16.3 Å². The number of nitrogens with one attached hydrogen (secondary N) is 1. The molecule has 0 bridgehead atoms. The zero-order chi connectivity index (χ0) is 24.5. The van der Waals surface area contributed by atoms with Crippen molar-refractivity contribution in [2.45, 2.75) is 19.2 Å². The Morgan fingerprint density at radius 1 is 1.24 bits per heavy atom. The summed E-state index contributed by atoms with van der Waals surface area (Å²) in [6.07, 6.45) is -5.70. The third-order valence-electron chi connectivity index (χ3n) is 4.53. The molecule has 1 unspecified atom stereocenters. The zero-order valence-electron chi connectivity index (χ0n) is 17.2. The largest absolute Gasteiger partial charge is 0.483 e. The molecule has 0 spiro atoms. The predicted octanol–water partition coefficient (Wildman–Crippen LogP) is 5.27. The van der Waals surface area contributed by atoms with E-state index in [-0.39, 0.29) is 16.3 Å². The summed E-state index contributed by atoms with van der Waals surface area (Å²) in [4.78, 5) is 12.7. The number of carbonyl (C=O) groups excluding carboxylic acids is 1. The van der Waals surface area contributed by atoms with Crippen molar-refractivity contribution in [2.24, 2.45) is 7.05 Å². The summed E-state index contributed by atoms with van der Waals surface area (Å²) in [5.41, 5.74) is -1.01. The van der Waals surface area contributed by atoms with Gasteiger partial charge in [0.15, 0.2) is 6.61 Å². The molecule has 0 aliphatic carbocycles. The molecule has 1 aromatic heterocycles. The van der Waals surface area contributed by atoms with Gasteiger partial charge in [-0.1, -0.05) is 17.7 Å². The van der Waals surface area contributed by atoms with Crippen LogP contribution in [-0.4, -0.2) is 33.6 Å². The molecule has 2 N–H and O–H groups in total. The number of amides is 1. The van der Waals surface area contributed by atoms with Gasteiger partial charge < -0.3 is 15.2 Å². The van der Waals surface area contributed by atoms with Gasteiger partial charge in [0.1, 0.15) is 17.4 Å². The topological polar surface area (TPSA) is 76.4 Å². The number of para-hydroxylation sites is 1. The fourth-order valence-corrected chi connectivity index (χ4v) is 3.22. The SMILES string of the molecule is CC(O)c1cc(-c2cc(OCC(F)(F)F)c(C(=O)Nc3c(F)cccc3Cl)cc2F)nn1C. The number of benzene rings is 2. The van der Waals surface area contributed by atoms with Gasteiger partial charge in [0.2, 0.25) is 0 Å². The van der Waals surface area contributed by atoms with Crippen LogP contribution >= 0.6 is 11.6 Å². The number of aliphatic hydroxyl groups excluding tert-OH is 1. The van der Waals surface area contributed by atoms with Gasteiger partial charge in [-0.05, 0) is 37.3 Å². The molecule has 3 rings (SSSR count). The number of aryl methyl sites for hydroxylation is 1.